The van der Waals surface area contributed by atoms with Crippen LogP contribution >= 0.6 is 23.4 Å². The van der Waals surface area contributed by atoms with Gasteiger partial charge in [0.25, 0.3) is 0 Å². The van der Waals surface area contributed by atoms with Crippen LogP contribution in [0.15, 0.2) is 23.1 Å². The zero-order valence-electron chi connectivity index (χ0n) is 13.0. The number of sulfonamides is 1. The number of aromatic amines is 1. The van der Waals surface area contributed by atoms with Gasteiger partial charge in [-0.3, -0.25) is 0 Å². The number of carbonyl (C=O) groups excluding carboxylic acids is 1. The number of ether oxygens (including phenoxy) is 1. The maximum Gasteiger partial charge on any atom is 0.356 e. The molecule has 6 nitrogen and oxygen atoms in total. The van der Waals surface area contributed by atoms with E-state index < -0.39 is 16.0 Å². The molecule has 2 aromatic rings. The van der Waals surface area contributed by atoms with Crippen LogP contribution in [0.3, 0.4) is 0 Å². The molecule has 1 fully saturated rings. The molecule has 0 amide bonds. The quantitative estimate of drug-likeness (QED) is 0.814. The average Bonchev–Trinajstić information content (AvgIpc) is 2.95. The van der Waals surface area contributed by atoms with Gasteiger partial charge in [0.05, 0.1) is 6.61 Å². The van der Waals surface area contributed by atoms with Crippen LogP contribution in [0.5, 0.6) is 0 Å². The fourth-order valence-electron chi connectivity index (χ4n) is 2.67. The Morgan fingerprint density at radius 3 is 2.75 bits per heavy atom. The fourth-order valence-corrected chi connectivity index (χ4v) is 5.74. The zero-order valence-corrected chi connectivity index (χ0v) is 15.4. The van der Waals surface area contributed by atoms with E-state index in [0.717, 1.165) is 11.5 Å². The number of hydrogen-bond donors (Lipinski definition) is 1. The van der Waals surface area contributed by atoms with Crippen LogP contribution in [-0.2, 0) is 14.8 Å². The average molecular weight is 389 g/mol. The van der Waals surface area contributed by atoms with Gasteiger partial charge in [-0.15, -0.1) is 0 Å². The highest BCUT2D eigenvalue weighted by Crippen LogP contribution is 2.32. The summed E-state index contributed by atoms with van der Waals surface area (Å²) in [6, 6.07) is 4.86. The Kier molecular flexibility index (Phi) is 5.10. The lowest BCUT2D eigenvalue weighted by atomic mass is 10.2. The topological polar surface area (TPSA) is 79.5 Å². The maximum absolute atomic E-state index is 13.1. The Bertz CT molecular complexity index is 873. The van der Waals surface area contributed by atoms with Crippen molar-refractivity contribution in [2.45, 2.75) is 11.8 Å². The van der Waals surface area contributed by atoms with Crippen molar-refractivity contribution >= 4 is 50.3 Å². The lowest BCUT2D eigenvalue weighted by Crippen LogP contribution is -2.38. The van der Waals surface area contributed by atoms with E-state index in [1.54, 1.807) is 36.9 Å². The molecule has 3 rings (SSSR count). The molecule has 130 valence electrons. The third kappa shape index (κ3) is 3.15. The van der Waals surface area contributed by atoms with Gasteiger partial charge in [-0.2, -0.15) is 16.1 Å². The van der Waals surface area contributed by atoms with Gasteiger partial charge in [-0.05, 0) is 25.1 Å². The molecule has 1 aliphatic heterocycles. The maximum atomic E-state index is 13.1. The molecule has 1 aliphatic rings. The summed E-state index contributed by atoms with van der Waals surface area (Å²) in [6.45, 7) is 2.67. The number of rotatable bonds is 4. The molecule has 0 saturated carbocycles. The molecular weight excluding hydrogens is 372 g/mol. The number of esters is 1. The molecule has 0 spiro atoms. The van der Waals surface area contributed by atoms with Crippen LogP contribution in [0.25, 0.3) is 10.9 Å². The lowest BCUT2D eigenvalue weighted by Gasteiger charge is -2.25. The minimum atomic E-state index is -3.83. The number of carbonyl (C=O) groups is 1. The second-order valence-corrected chi connectivity index (χ2v) is 8.79. The normalized spacial score (nSPS) is 16.4. The number of fused-ring (bicyclic) bond motifs is 1. The molecule has 0 bridgehead atoms. The fraction of sp³-hybridized carbons (Fsp3) is 0.400. The summed E-state index contributed by atoms with van der Waals surface area (Å²) < 4.78 is 32.7. The smallest absolute Gasteiger partial charge is 0.356 e. The Balaban J connectivity index is 2.21. The van der Waals surface area contributed by atoms with Crippen molar-refractivity contribution < 1.29 is 17.9 Å². The molecule has 0 unspecified atom stereocenters. The number of H-pyrrole nitrogens is 1. The predicted octanol–water partition coefficient (Wildman–Crippen LogP) is 2.74. The number of thioether (sulfide) groups is 1. The Morgan fingerprint density at radius 2 is 2.08 bits per heavy atom. The molecule has 1 N–H and O–H groups in total. The van der Waals surface area contributed by atoms with Gasteiger partial charge >= 0.3 is 5.97 Å². The minimum Gasteiger partial charge on any atom is -0.461 e. The van der Waals surface area contributed by atoms with Gasteiger partial charge in [0.15, 0.2) is 0 Å². The van der Waals surface area contributed by atoms with Gasteiger partial charge < -0.3 is 9.72 Å². The van der Waals surface area contributed by atoms with Crippen molar-refractivity contribution in [2.24, 2.45) is 0 Å². The Labute approximate surface area is 149 Å². The standard InChI is InChI=1S/C15H17ClN2O4S2/c1-2-22-15(19)13-14(11-9-10(16)3-4-12(11)17-13)24(20,21)18-5-7-23-8-6-18/h3-4,9,17H,2,5-8H2,1H3. The summed E-state index contributed by atoms with van der Waals surface area (Å²) in [4.78, 5) is 15.1. The highest BCUT2D eigenvalue weighted by atomic mass is 35.5. The number of benzene rings is 1. The summed E-state index contributed by atoms with van der Waals surface area (Å²) in [7, 11) is -3.83. The summed E-state index contributed by atoms with van der Waals surface area (Å²) in [6.07, 6.45) is 0. The van der Waals surface area contributed by atoms with Crippen LogP contribution < -0.4 is 0 Å². The van der Waals surface area contributed by atoms with E-state index >= 15 is 0 Å². The first kappa shape index (κ1) is 17.6. The Hall–Kier alpha value is -1.22. The summed E-state index contributed by atoms with van der Waals surface area (Å²) in [5, 5.41) is 0.811. The number of nitrogens with zero attached hydrogens (tertiary/aromatic N) is 1. The van der Waals surface area contributed by atoms with Crippen LogP contribution in [0.4, 0.5) is 0 Å². The largest absolute Gasteiger partial charge is 0.461 e. The van der Waals surface area contributed by atoms with Crippen molar-refractivity contribution in [1.29, 1.82) is 0 Å². The first-order valence-corrected chi connectivity index (χ1v) is 10.5. The first-order valence-electron chi connectivity index (χ1n) is 7.51. The molecule has 1 aromatic carbocycles. The number of hydrogen-bond acceptors (Lipinski definition) is 5. The van der Waals surface area contributed by atoms with E-state index in [-0.39, 0.29) is 17.2 Å². The van der Waals surface area contributed by atoms with Crippen molar-refractivity contribution in [3.05, 3.63) is 28.9 Å². The summed E-state index contributed by atoms with van der Waals surface area (Å²) in [5.74, 6) is 0.781. The molecule has 9 heteroatoms. The first-order chi connectivity index (χ1) is 11.4. The molecule has 0 atom stereocenters. The van der Waals surface area contributed by atoms with E-state index in [2.05, 4.69) is 4.98 Å². The second-order valence-electron chi connectivity index (χ2n) is 5.26. The highest BCUT2D eigenvalue weighted by molar-refractivity contribution is 7.99. The molecule has 0 radical (unpaired) electrons. The van der Waals surface area contributed by atoms with Crippen LogP contribution in [0.2, 0.25) is 5.02 Å². The monoisotopic (exact) mass is 388 g/mol. The minimum absolute atomic E-state index is 0.0488. The zero-order chi connectivity index (χ0) is 17.3. The van der Waals surface area contributed by atoms with E-state index in [0.29, 0.717) is 29.0 Å². The van der Waals surface area contributed by atoms with E-state index in [4.69, 9.17) is 16.3 Å². The van der Waals surface area contributed by atoms with Gasteiger partial charge in [0.1, 0.15) is 10.6 Å². The van der Waals surface area contributed by atoms with Gasteiger partial charge in [0, 0.05) is 40.5 Å². The van der Waals surface area contributed by atoms with Crippen molar-refractivity contribution in [1.82, 2.24) is 9.29 Å². The van der Waals surface area contributed by atoms with Crippen molar-refractivity contribution in [3.8, 4) is 0 Å². The SMILES string of the molecule is CCOC(=O)c1[nH]c2ccc(Cl)cc2c1S(=O)(=O)N1CCSCC1. The summed E-state index contributed by atoms with van der Waals surface area (Å²) >= 11 is 7.74. The molecule has 0 aliphatic carbocycles. The van der Waals surface area contributed by atoms with E-state index in [1.165, 1.54) is 4.31 Å². The second kappa shape index (κ2) is 6.95. The highest BCUT2D eigenvalue weighted by Gasteiger charge is 2.34. The van der Waals surface area contributed by atoms with Gasteiger partial charge in [-0.1, -0.05) is 11.6 Å². The van der Waals surface area contributed by atoms with Crippen LogP contribution in [-0.4, -0.2) is 54.9 Å². The molecule has 1 aromatic heterocycles. The molecule has 2 heterocycles. The third-order valence-corrected chi connectivity index (χ3v) is 6.92. The van der Waals surface area contributed by atoms with Crippen molar-refractivity contribution in [3.63, 3.8) is 0 Å². The molecule has 1 saturated heterocycles. The number of nitrogens with one attached hydrogen (secondary N) is 1. The van der Waals surface area contributed by atoms with Crippen LogP contribution in [0, 0.1) is 0 Å². The van der Waals surface area contributed by atoms with E-state index in [9.17, 15) is 13.2 Å². The number of halogens is 1. The van der Waals surface area contributed by atoms with Gasteiger partial charge in [-0.25, -0.2) is 13.2 Å². The summed E-state index contributed by atoms with van der Waals surface area (Å²) in [5.41, 5.74) is 0.486. The lowest BCUT2D eigenvalue weighted by molar-refractivity contribution is 0.0516. The van der Waals surface area contributed by atoms with E-state index in [1.807, 2.05) is 0 Å². The predicted molar refractivity (Wildman–Crippen MR) is 95.3 cm³/mol. The number of aromatic nitrogens is 1. The molecular formula is C15H17ClN2O4S2. The van der Waals surface area contributed by atoms with Crippen molar-refractivity contribution in [2.75, 3.05) is 31.2 Å². The Morgan fingerprint density at radius 1 is 1.38 bits per heavy atom. The van der Waals surface area contributed by atoms with Crippen LogP contribution in [0.1, 0.15) is 17.4 Å². The third-order valence-electron chi connectivity index (χ3n) is 3.76. The molecule has 24 heavy (non-hydrogen) atoms. The van der Waals surface area contributed by atoms with Gasteiger partial charge in [0.2, 0.25) is 10.0 Å².